The van der Waals surface area contributed by atoms with Crippen LogP contribution in [-0.2, 0) is 19.6 Å². The summed E-state index contributed by atoms with van der Waals surface area (Å²) in [5.74, 6) is -0.897. The van der Waals surface area contributed by atoms with Crippen LogP contribution in [-0.4, -0.2) is 21.9 Å². The highest BCUT2D eigenvalue weighted by Gasteiger charge is 2.22. The van der Waals surface area contributed by atoms with Gasteiger partial charge in [-0.2, -0.15) is 0 Å². The molecule has 0 saturated heterocycles. The zero-order valence-corrected chi connectivity index (χ0v) is 18.6. The van der Waals surface area contributed by atoms with E-state index in [1.807, 2.05) is 41.0 Å². The van der Waals surface area contributed by atoms with Crippen molar-refractivity contribution in [1.82, 2.24) is 9.88 Å². The van der Waals surface area contributed by atoms with Crippen molar-refractivity contribution in [3.8, 4) is 0 Å². The molecule has 0 fully saturated rings. The van der Waals surface area contributed by atoms with Crippen molar-refractivity contribution >= 4 is 28.6 Å². The Bertz CT molecular complexity index is 1210. The summed E-state index contributed by atoms with van der Waals surface area (Å²) < 4.78 is 1.93. The van der Waals surface area contributed by atoms with Gasteiger partial charge in [0.1, 0.15) is 5.69 Å². The number of hydrogen-bond donors (Lipinski definition) is 2. The lowest BCUT2D eigenvalue weighted by molar-refractivity contribution is 0.0684. The highest BCUT2D eigenvalue weighted by atomic mass is 32.2. The van der Waals surface area contributed by atoms with Crippen LogP contribution in [0, 0.1) is 6.92 Å². The van der Waals surface area contributed by atoms with Crippen LogP contribution in [0.4, 0.5) is 0 Å². The summed E-state index contributed by atoms with van der Waals surface area (Å²) in [6.45, 7) is 3.77. The number of thioether (sulfide) groups is 1. The van der Waals surface area contributed by atoms with Crippen LogP contribution in [0.3, 0.4) is 0 Å². The van der Waals surface area contributed by atoms with Crippen molar-refractivity contribution in [3.05, 3.63) is 101 Å². The highest BCUT2D eigenvalue weighted by Crippen LogP contribution is 2.28. The first-order valence-electron chi connectivity index (χ1n) is 10.3. The predicted molar refractivity (Wildman–Crippen MR) is 128 cm³/mol. The Morgan fingerprint density at radius 2 is 1.68 bits per heavy atom. The third kappa shape index (κ3) is 4.53. The number of carboxylic acids is 1. The van der Waals surface area contributed by atoms with E-state index >= 15 is 0 Å². The minimum Gasteiger partial charge on any atom is -0.477 e. The van der Waals surface area contributed by atoms with Crippen molar-refractivity contribution in [2.45, 2.75) is 31.5 Å². The number of benzene rings is 3. The second-order valence-corrected chi connectivity index (χ2v) is 8.49. The largest absolute Gasteiger partial charge is 0.477 e. The molecule has 0 radical (unpaired) electrons. The second kappa shape index (κ2) is 9.41. The molecule has 0 amide bonds. The van der Waals surface area contributed by atoms with Gasteiger partial charge < -0.3 is 15.0 Å². The molecular formula is C26H26N2O2S. The average molecular weight is 431 g/mol. The molecule has 0 unspecified atom stereocenters. The summed E-state index contributed by atoms with van der Waals surface area (Å²) in [6, 6.07) is 24.5. The van der Waals surface area contributed by atoms with E-state index in [0.717, 1.165) is 27.6 Å². The Balaban J connectivity index is 1.66. The smallest absolute Gasteiger partial charge is 0.352 e. The molecular weight excluding hydrogens is 404 g/mol. The summed E-state index contributed by atoms with van der Waals surface area (Å²) in [6.07, 6.45) is 2.06. The fourth-order valence-corrected chi connectivity index (χ4v) is 4.40. The molecule has 158 valence electrons. The van der Waals surface area contributed by atoms with Gasteiger partial charge in [-0.15, -0.1) is 11.8 Å². The Labute approximate surface area is 186 Å². The van der Waals surface area contributed by atoms with E-state index in [1.54, 1.807) is 11.8 Å². The molecule has 0 bridgehead atoms. The molecule has 1 heterocycles. The van der Waals surface area contributed by atoms with Crippen molar-refractivity contribution in [2.24, 2.45) is 0 Å². The summed E-state index contributed by atoms with van der Waals surface area (Å²) >= 11 is 1.72. The number of aromatic carboxylic acids is 1. The number of para-hydroxylation sites is 1. The molecule has 0 aliphatic rings. The quantitative estimate of drug-likeness (QED) is 0.352. The second-order valence-electron chi connectivity index (χ2n) is 7.61. The maximum atomic E-state index is 12.3. The van der Waals surface area contributed by atoms with Crippen molar-refractivity contribution < 1.29 is 9.90 Å². The van der Waals surface area contributed by atoms with Gasteiger partial charge in [-0.1, -0.05) is 54.6 Å². The molecule has 31 heavy (non-hydrogen) atoms. The van der Waals surface area contributed by atoms with E-state index in [2.05, 4.69) is 54.9 Å². The number of aromatic nitrogens is 1. The van der Waals surface area contributed by atoms with Crippen LogP contribution in [0.25, 0.3) is 10.9 Å². The Hall–Kier alpha value is -3.02. The Morgan fingerprint density at radius 1 is 0.968 bits per heavy atom. The van der Waals surface area contributed by atoms with E-state index in [0.29, 0.717) is 25.3 Å². The van der Waals surface area contributed by atoms with E-state index < -0.39 is 5.97 Å². The number of carboxylic acid groups (broad SMARTS) is 1. The number of nitrogens with zero attached hydrogens (tertiary/aromatic N) is 1. The van der Waals surface area contributed by atoms with Gasteiger partial charge in [0.15, 0.2) is 0 Å². The summed E-state index contributed by atoms with van der Waals surface area (Å²) in [5, 5.41) is 14.6. The minimum atomic E-state index is -0.897. The lowest BCUT2D eigenvalue weighted by Crippen LogP contribution is -2.17. The molecule has 1 aromatic heterocycles. The van der Waals surface area contributed by atoms with Crippen LogP contribution in [0.15, 0.2) is 77.7 Å². The van der Waals surface area contributed by atoms with Crippen LogP contribution in [0.2, 0.25) is 0 Å². The molecule has 0 atom stereocenters. The minimum absolute atomic E-state index is 0.356. The molecule has 4 nitrogen and oxygen atoms in total. The molecule has 2 N–H and O–H groups in total. The number of aryl methyl sites for hydroxylation is 1. The monoisotopic (exact) mass is 430 g/mol. The number of nitrogens with one attached hydrogen (secondary N) is 1. The zero-order chi connectivity index (χ0) is 21.8. The number of fused-ring (bicyclic) bond motifs is 1. The van der Waals surface area contributed by atoms with Gasteiger partial charge in [-0.25, -0.2) is 4.79 Å². The maximum absolute atomic E-state index is 12.3. The topological polar surface area (TPSA) is 54.3 Å². The van der Waals surface area contributed by atoms with E-state index in [4.69, 9.17) is 0 Å². The lowest BCUT2D eigenvalue weighted by Gasteiger charge is -2.12. The normalized spacial score (nSPS) is 11.2. The van der Waals surface area contributed by atoms with Gasteiger partial charge in [-0.05, 0) is 48.1 Å². The molecule has 4 aromatic rings. The molecule has 0 aliphatic heterocycles. The standard InChI is InChI=1S/C26H26N2O2S/c1-18-7-3-4-8-20(18)17-28-24-10-6-5-9-22(24)23(25(28)26(29)30)16-27-15-19-11-13-21(31-2)14-12-19/h3-14,27H,15-17H2,1-2H3,(H,29,30). The summed E-state index contributed by atoms with van der Waals surface area (Å²) in [7, 11) is 0. The van der Waals surface area contributed by atoms with Crippen molar-refractivity contribution in [2.75, 3.05) is 6.26 Å². The molecule has 4 rings (SSSR count). The van der Waals surface area contributed by atoms with Crippen molar-refractivity contribution in [3.63, 3.8) is 0 Å². The molecule has 0 saturated carbocycles. The number of hydrogen-bond acceptors (Lipinski definition) is 3. The zero-order valence-electron chi connectivity index (χ0n) is 17.8. The van der Waals surface area contributed by atoms with Gasteiger partial charge in [0, 0.05) is 41.0 Å². The van der Waals surface area contributed by atoms with Crippen LogP contribution in [0.5, 0.6) is 0 Å². The van der Waals surface area contributed by atoms with E-state index in [-0.39, 0.29) is 0 Å². The molecule has 5 heteroatoms. The Morgan fingerprint density at radius 3 is 2.39 bits per heavy atom. The van der Waals surface area contributed by atoms with Crippen LogP contribution < -0.4 is 5.32 Å². The SMILES string of the molecule is CSc1ccc(CNCc2c(C(=O)O)n(Cc3ccccc3C)c3ccccc23)cc1. The average Bonchev–Trinajstić information content (AvgIpc) is 3.09. The number of carbonyl (C=O) groups is 1. The summed E-state index contributed by atoms with van der Waals surface area (Å²) in [4.78, 5) is 13.6. The summed E-state index contributed by atoms with van der Waals surface area (Å²) in [5.41, 5.74) is 5.60. The molecule has 0 spiro atoms. The fraction of sp³-hybridized carbons (Fsp3) is 0.192. The van der Waals surface area contributed by atoms with Gasteiger partial charge >= 0.3 is 5.97 Å². The Kier molecular flexibility index (Phi) is 6.44. The van der Waals surface area contributed by atoms with Gasteiger partial charge in [-0.3, -0.25) is 0 Å². The lowest BCUT2D eigenvalue weighted by atomic mass is 10.1. The first kappa shape index (κ1) is 21.2. The van der Waals surface area contributed by atoms with Crippen molar-refractivity contribution in [1.29, 1.82) is 0 Å². The third-order valence-corrected chi connectivity index (χ3v) is 6.40. The van der Waals surface area contributed by atoms with Gasteiger partial charge in [0.05, 0.1) is 0 Å². The third-order valence-electron chi connectivity index (χ3n) is 5.66. The number of rotatable bonds is 8. The fourth-order valence-electron chi connectivity index (χ4n) is 4.00. The van der Waals surface area contributed by atoms with E-state index in [9.17, 15) is 9.90 Å². The maximum Gasteiger partial charge on any atom is 0.352 e. The first-order valence-corrected chi connectivity index (χ1v) is 11.5. The van der Waals surface area contributed by atoms with Crippen LogP contribution >= 0.6 is 11.8 Å². The van der Waals surface area contributed by atoms with Gasteiger partial charge in [0.2, 0.25) is 0 Å². The predicted octanol–water partition coefficient (Wildman–Crippen LogP) is 5.71. The van der Waals surface area contributed by atoms with Crippen LogP contribution in [0.1, 0.15) is 32.7 Å². The molecule has 3 aromatic carbocycles. The van der Waals surface area contributed by atoms with Gasteiger partial charge in [0.25, 0.3) is 0 Å². The van der Waals surface area contributed by atoms with E-state index in [1.165, 1.54) is 10.5 Å². The highest BCUT2D eigenvalue weighted by molar-refractivity contribution is 7.98. The first-order chi connectivity index (χ1) is 15.1. The molecule has 0 aliphatic carbocycles.